The molecule has 5 aromatic rings. The molecule has 0 radical (unpaired) electrons. The number of amides is 2. The zero-order valence-electron chi connectivity index (χ0n) is 34.7. The molecule has 3 fully saturated rings. The zero-order valence-corrected chi connectivity index (χ0v) is 36.4. The number of carbonyl (C=O) groups excluding carboxylic acids is 4. The molecule has 2 amide bonds. The van der Waals surface area contributed by atoms with Crippen molar-refractivity contribution in [3.05, 3.63) is 82.8 Å². The Morgan fingerprint density at radius 2 is 1.78 bits per heavy atom. The molecule has 8 rings (SSSR count). The average molecular weight is 908 g/mol. The van der Waals surface area contributed by atoms with Crippen LogP contribution in [0, 0.1) is 22.7 Å². The molecular weight excluding hydrogens is 864 g/mol. The number of hydrogen-bond donors (Lipinski definition) is 1. The number of carbonyl (C=O) groups is 4. The van der Waals surface area contributed by atoms with Crippen LogP contribution in [0.4, 0.5) is 13.2 Å². The van der Waals surface area contributed by atoms with E-state index in [0.29, 0.717) is 34.3 Å². The van der Waals surface area contributed by atoms with Gasteiger partial charge < -0.3 is 18.8 Å². The number of Topliss-reactive ketones (excluding diaryl/α,β-unsaturated/α-hetero) is 1. The molecule has 3 aromatic heterocycles. The Morgan fingerprint density at radius 1 is 1.06 bits per heavy atom. The van der Waals surface area contributed by atoms with E-state index >= 15 is 0 Å². The molecule has 63 heavy (non-hydrogen) atoms. The first kappa shape index (κ1) is 43.9. The Morgan fingerprint density at radius 3 is 2.41 bits per heavy atom. The third-order valence-electron chi connectivity index (χ3n) is 12.1. The van der Waals surface area contributed by atoms with E-state index in [0.717, 1.165) is 12.1 Å². The number of furan rings is 1. The number of halogens is 3. The van der Waals surface area contributed by atoms with E-state index in [1.54, 1.807) is 24.3 Å². The minimum Gasteiger partial charge on any atom is -0.470 e. The predicted molar refractivity (Wildman–Crippen MR) is 225 cm³/mol. The highest BCUT2D eigenvalue weighted by atomic mass is 32.2. The molecule has 14 nitrogen and oxygen atoms in total. The number of alkyl halides is 3. The summed E-state index contributed by atoms with van der Waals surface area (Å²) in [5.41, 5.74) is -1.71. The van der Waals surface area contributed by atoms with E-state index in [4.69, 9.17) is 13.9 Å². The Kier molecular flexibility index (Phi) is 11.3. The normalized spacial score (nSPS) is 21.9. The van der Waals surface area contributed by atoms with Crippen LogP contribution in [0.25, 0.3) is 33.5 Å². The van der Waals surface area contributed by atoms with Crippen molar-refractivity contribution in [2.24, 2.45) is 22.7 Å². The number of para-hydroxylation sites is 1. The summed E-state index contributed by atoms with van der Waals surface area (Å²) in [6.07, 6.45) is -3.25. The average Bonchev–Trinajstić information content (AvgIpc) is 4.07. The lowest BCUT2D eigenvalue weighted by Gasteiger charge is -2.35. The second-order valence-electron chi connectivity index (χ2n) is 17.4. The number of methoxy groups -OCH3 is 1. The SMILES string of the molecule is C=C[C@@H]1C[C@]1(CC(=O)[C@@H]1C[C@@H](Oc2nc(-c3ccc(C(F)(F)F)cc3)nc3c2oc2ccccc23)CN1C(=O)[C@@H](Cc1nc(C(=O)OC)cs1)C(C)(C)C)C(=O)NS(=O)(=O)C1CC1. The quantitative estimate of drug-likeness (QED) is 0.0866. The summed E-state index contributed by atoms with van der Waals surface area (Å²) in [6.45, 7) is 9.28. The molecule has 1 saturated heterocycles. The van der Waals surface area contributed by atoms with Crippen molar-refractivity contribution in [3.63, 3.8) is 0 Å². The van der Waals surface area contributed by atoms with Gasteiger partial charge in [0.25, 0.3) is 5.88 Å². The summed E-state index contributed by atoms with van der Waals surface area (Å²) in [5.74, 6) is -3.64. The van der Waals surface area contributed by atoms with Gasteiger partial charge in [-0.1, -0.05) is 51.1 Å². The Hall–Kier alpha value is -5.69. The molecule has 4 heterocycles. The first-order chi connectivity index (χ1) is 29.7. The largest absolute Gasteiger partial charge is 0.470 e. The molecule has 1 aliphatic heterocycles. The number of nitrogens with zero attached hydrogens (tertiary/aromatic N) is 4. The van der Waals surface area contributed by atoms with Crippen molar-refractivity contribution < 1.29 is 54.7 Å². The highest BCUT2D eigenvalue weighted by Gasteiger charge is 2.61. The summed E-state index contributed by atoms with van der Waals surface area (Å²) < 4.78 is 85.9. The molecule has 1 N–H and O–H groups in total. The van der Waals surface area contributed by atoms with Crippen LogP contribution in [-0.2, 0) is 41.7 Å². The number of nitrogens with one attached hydrogen (secondary N) is 1. The lowest BCUT2D eigenvalue weighted by atomic mass is 9.77. The number of fused-ring (bicyclic) bond motifs is 3. The van der Waals surface area contributed by atoms with Crippen molar-refractivity contribution in [2.75, 3.05) is 13.7 Å². The Labute approximate surface area is 364 Å². The van der Waals surface area contributed by atoms with Gasteiger partial charge in [0.1, 0.15) is 17.2 Å². The lowest BCUT2D eigenvalue weighted by Crippen LogP contribution is -2.48. The molecule has 3 aliphatic rings. The summed E-state index contributed by atoms with van der Waals surface area (Å²) in [7, 11) is -2.70. The standard InChI is InChI=1S/C44H44F3N5O9S2/c1-6-24-19-43(24,41(56)51-63(57,58)27-15-16-27)20-32(53)31-17-26(21-52(31)39(54)29(42(2,3)4)18-34-48-30(22-62-34)40(55)59-5)60-38-36-35(28-9-7-8-10-33(28)61-36)49-37(50-38)23-11-13-25(14-12-23)44(45,46)47/h6-14,22,24,26-27,29,31H,1,15-21H2,2-5H3,(H,51,56)/t24-,26-,29-,31+,43-/m1/s1. The van der Waals surface area contributed by atoms with Gasteiger partial charge >= 0.3 is 12.1 Å². The molecule has 0 spiro atoms. The smallest absolute Gasteiger partial charge is 0.416 e. The maximum atomic E-state index is 15.0. The summed E-state index contributed by atoms with van der Waals surface area (Å²) in [4.78, 5) is 70.8. The second-order valence-corrected chi connectivity index (χ2v) is 20.4. The Bertz CT molecular complexity index is 2760. The van der Waals surface area contributed by atoms with Crippen LogP contribution in [0.3, 0.4) is 0 Å². The van der Waals surface area contributed by atoms with E-state index in [1.165, 1.54) is 46.9 Å². The van der Waals surface area contributed by atoms with Gasteiger partial charge in [-0.05, 0) is 54.9 Å². The predicted octanol–water partition coefficient (Wildman–Crippen LogP) is 7.32. The van der Waals surface area contributed by atoms with E-state index in [2.05, 4.69) is 26.3 Å². The van der Waals surface area contributed by atoms with Crippen LogP contribution >= 0.6 is 11.3 Å². The fraction of sp³-hybridized carbons (Fsp3) is 0.432. The first-order valence-corrected chi connectivity index (χ1v) is 22.7. The molecule has 2 aromatic carbocycles. The minimum absolute atomic E-state index is 0.0391. The van der Waals surface area contributed by atoms with Gasteiger partial charge in [-0.25, -0.2) is 23.2 Å². The molecule has 2 aliphatic carbocycles. The molecule has 332 valence electrons. The van der Waals surface area contributed by atoms with Gasteiger partial charge in [0.15, 0.2) is 17.3 Å². The van der Waals surface area contributed by atoms with E-state index in [1.807, 2.05) is 20.8 Å². The monoisotopic (exact) mass is 907 g/mol. The number of benzene rings is 2. The number of hydrogen-bond acceptors (Lipinski definition) is 13. The molecule has 5 atom stereocenters. The van der Waals surface area contributed by atoms with E-state index < -0.39 is 85.4 Å². The van der Waals surface area contributed by atoms with E-state index in [9.17, 15) is 40.8 Å². The zero-order chi connectivity index (χ0) is 45.2. The highest BCUT2D eigenvalue weighted by Crippen LogP contribution is 2.57. The number of allylic oxidation sites excluding steroid dienone is 1. The van der Waals surface area contributed by atoms with Crippen LogP contribution < -0.4 is 9.46 Å². The molecule has 0 bridgehead atoms. The van der Waals surface area contributed by atoms with Gasteiger partial charge in [-0.3, -0.25) is 19.1 Å². The van der Waals surface area contributed by atoms with E-state index in [-0.39, 0.29) is 60.8 Å². The van der Waals surface area contributed by atoms with Gasteiger partial charge in [0.2, 0.25) is 27.4 Å². The highest BCUT2D eigenvalue weighted by molar-refractivity contribution is 7.90. The van der Waals surface area contributed by atoms with Crippen LogP contribution in [0.15, 0.2) is 71.0 Å². The maximum Gasteiger partial charge on any atom is 0.416 e. The van der Waals surface area contributed by atoms with Gasteiger partial charge in [0, 0.05) is 41.5 Å². The fourth-order valence-corrected chi connectivity index (χ4v) is 10.4. The van der Waals surface area contributed by atoms with Crippen LogP contribution in [-0.4, -0.2) is 82.9 Å². The fourth-order valence-electron chi connectivity index (χ4n) is 8.22. The summed E-state index contributed by atoms with van der Waals surface area (Å²) in [5, 5.41) is 1.94. The van der Waals surface area contributed by atoms with Gasteiger partial charge in [0.05, 0.1) is 40.9 Å². The third kappa shape index (κ3) is 8.68. The molecule has 2 saturated carbocycles. The number of ketones is 1. The van der Waals surface area contributed by atoms with Crippen molar-refractivity contribution >= 4 is 67.0 Å². The number of ether oxygens (including phenoxy) is 2. The van der Waals surface area contributed by atoms with Crippen molar-refractivity contribution in [3.8, 4) is 17.3 Å². The van der Waals surface area contributed by atoms with Gasteiger partial charge in [-0.2, -0.15) is 18.2 Å². The number of sulfonamides is 1. The minimum atomic E-state index is -4.57. The number of esters is 1. The third-order valence-corrected chi connectivity index (χ3v) is 14.8. The number of aromatic nitrogens is 3. The number of rotatable bonds is 14. The Balaban J connectivity index is 1.15. The van der Waals surface area contributed by atoms with Crippen LogP contribution in [0.2, 0.25) is 0 Å². The summed E-state index contributed by atoms with van der Waals surface area (Å²) >= 11 is 1.19. The van der Waals surface area contributed by atoms with Crippen LogP contribution in [0.5, 0.6) is 5.88 Å². The first-order valence-electron chi connectivity index (χ1n) is 20.3. The number of thiazole rings is 1. The van der Waals surface area contributed by atoms with Crippen molar-refractivity contribution in [1.29, 1.82) is 0 Å². The number of likely N-dealkylation sites (tertiary alicyclic amines) is 1. The molecule has 0 unspecified atom stereocenters. The maximum absolute atomic E-state index is 15.0. The van der Waals surface area contributed by atoms with Gasteiger partial charge in [-0.15, -0.1) is 17.9 Å². The van der Waals surface area contributed by atoms with Crippen molar-refractivity contribution in [1.82, 2.24) is 24.6 Å². The van der Waals surface area contributed by atoms with Crippen LogP contribution in [0.1, 0.15) is 73.9 Å². The van der Waals surface area contributed by atoms with Crippen molar-refractivity contribution in [2.45, 2.75) is 82.9 Å². The summed E-state index contributed by atoms with van der Waals surface area (Å²) in [6, 6.07) is 10.2. The lowest BCUT2D eigenvalue weighted by molar-refractivity contribution is -0.144. The molecule has 19 heteroatoms. The second kappa shape index (κ2) is 16.1. The molecular formula is C44H44F3N5O9S2. The topological polar surface area (TPSA) is 188 Å².